The quantitative estimate of drug-likeness (QED) is 0.325. The standard InChI is InChI=1S/C14H18N2O4/c17-9-12-4-5-13(14(8-12)16(18)19)15-6-1-7-20-10-11-2-3-11/h4-5,8-9,11,15H,1-3,6-7,10H2. The summed E-state index contributed by atoms with van der Waals surface area (Å²) in [5, 5.41) is 13.9. The molecule has 0 aromatic heterocycles. The van der Waals surface area contributed by atoms with Crippen molar-refractivity contribution < 1.29 is 14.5 Å². The van der Waals surface area contributed by atoms with Crippen molar-refractivity contribution >= 4 is 17.7 Å². The number of carbonyl (C=O) groups excluding carboxylic acids is 1. The number of nitro groups is 1. The van der Waals surface area contributed by atoms with Crippen LogP contribution in [0.15, 0.2) is 18.2 Å². The first-order chi connectivity index (χ1) is 9.70. The van der Waals surface area contributed by atoms with Crippen LogP contribution >= 0.6 is 0 Å². The highest BCUT2D eigenvalue weighted by Crippen LogP contribution is 2.28. The molecule has 108 valence electrons. The molecule has 2 rings (SSSR count). The van der Waals surface area contributed by atoms with Crippen LogP contribution in [0.4, 0.5) is 11.4 Å². The second kappa shape index (κ2) is 7.00. The zero-order chi connectivity index (χ0) is 14.4. The third kappa shape index (κ3) is 4.31. The van der Waals surface area contributed by atoms with E-state index >= 15 is 0 Å². The van der Waals surface area contributed by atoms with E-state index in [1.54, 1.807) is 12.1 Å². The fraction of sp³-hybridized carbons (Fsp3) is 0.500. The van der Waals surface area contributed by atoms with Crippen molar-refractivity contribution in [1.29, 1.82) is 0 Å². The molecule has 1 N–H and O–H groups in total. The fourth-order valence-electron chi connectivity index (χ4n) is 1.85. The van der Waals surface area contributed by atoms with Gasteiger partial charge in [0.15, 0.2) is 0 Å². The predicted molar refractivity (Wildman–Crippen MR) is 75.1 cm³/mol. The summed E-state index contributed by atoms with van der Waals surface area (Å²) in [4.78, 5) is 21.1. The first kappa shape index (κ1) is 14.5. The van der Waals surface area contributed by atoms with Crippen LogP contribution in [-0.4, -0.2) is 31.0 Å². The summed E-state index contributed by atoms with van der Waals surface area (Å²) in [5.74, 6) is 0.750. The van der Waals surface area contributed by atoms with Crippen molar-refractivity contribution in [2.45, 2.75) is 19.3 Å². The van der Waals surface area contributed by atoms with Gasteiger partial charge >= 0.3 is 0 Å². The molecule has 6 heteroatoms. The molecule has 0 aliphatic heterocycles. The molecule has 0 unspecified atom stereocenters. The van der Waals surface area contributed by atoms with E-state index in [1.807, 2.05) is 0 Å². The summed E-state index contributed by atoms with van der Waals surface area (Å²) in [6.07, 6.45) is 3.93. The number of aldehydes is 1. The fourth-order valence-corrected chi connectivity index (χ4v) is 1.85. The van der Waals surface area contributed by atoms with Crippen molar-refractivity contribution in [1.82, 2.24) is 0 Å². The molecule has 0 atom stereocenters. The van der Waals surface area contributed by atoms with E-state index in [4.69, 9.17) is 4.74 Å². The van der Waals surface area contributed by atoms with E-state index in [1.165, 1.54) is 18.9 Å². The largest absolute Gasteiger partial charge is 0.381 e. The number of ether oxygens (including phenoxy) is 1. The van der Waals surface area contributed by atoms with Crippen LogP contribution < -0.4 is 5.32 Å². The maximum Gasteiger partial charge on any atom is 0.293 e. The molecule has 1 aliphatic carbocycles. The highest BCUT2D eigenvalue weighted by molar-refractivity contribution is 5.79. The number of nitro benzene ring substituents is 1. The minimum atomic E-state index is -0.487. The van der Waals surface area contributed by atoms with E-state index in [0.717, 1.165) is 18.9 Å². The summed E-state index contributed by atoms with van der Waals surface area (Å²) in [6, 6.07) is 4.40. The molecule has 20 heavy (non-hydrogen) atoms. The number of hydrogen-bond donors (Lipinski definition) is 1. The Kier molecular flexibility index (Phi) is 5.06. The topological polar surface area (TPSA) is 81.5 Å². The van der Waals surface area contributed by atoms with Gasteiger partial charge in [0.2, 0.25) is 0 Å². The Morgan fingerprint density at radius 3 is 2.90 bits per heavy atom. The maximum absolute atomic E-state index is 10.9. The van der Waals surface area contributed by atoms with Gasteiger partial charge in [0.1, 0.15) is 12.0 Å². The van der Waals surface area contributed by atoms with Crippen molar-refractivity contribution in [3.63, 3.8) is 0 Å². The predicted octanol–water partition coefficient (Wildman–Crippen LogP) is 2.64. The molecular formula is C14H18N2O4. The van der Waals surface area contributed by atoms with Gasteiger partial charge in [0.25, 0.3) is 5.69 Å². The van der Waals surface area contributed by atoms with Gasteiger partial charge < -0.3 is 10.1 Å². The molecule has 1 aromatic rings. The second-order valence-electron chi connectivity index (χ2n) is 4.95. The van der Waals surface area contributed by atoms with Gasteiger partial charge in [-0.05, 0) is 37.3 Å². The lowest BCUT2D eigenvalue weighted by molar-refractivity contribution is -0.384. The molecule has 6 nitrogen and oxygen atoms in total. The van der Waals surface area contributed by atoms with Crippen molar-refractivity contribution in [3.8, 4) is 0 Å². The smallest absolute Gasteiger partial charge is 0.293 e. The number of nitrogens with one attached hydrogen (secondary N) is 1. The van der Waals surface area contributed by atoms with E-state index in [-0.39, 0.29) is 5.69 Å². The van der Waals surface area contributed by atoms with Crippen LogP contribution in [0.5, 0.6) is 0 Å². The number of carbonyl (C=O) groups is 1. The third-order valence-corrected chi connectivity index (χ3v) is 3.19. The Morgan fingerprint density at radius 2 is 2.25 bits per heavy atom. The molecular weight excluding hydrogens is 260 g/mol. The summed E-state index contributed by atoms with van der Waals surface area (Å²) < 4.78 is 5.49. The van der Waals surface area contributed by atoms with Gasteiger partial charge in [0, 0.05) is 31.4 Å². The summed E-state index contributed by atoms with van der Waals surface area (Å²) in [5.41, 5.74) is 0.659. The summed E-state index contributed by atoms with van der Waals surface area (Å²) in [7, 11) is 0. The highest BCUT2D eigenvalue weighted by atomic mass is 16.6. The third-order valence-electron chi connectivity index (χ3n) is 3.19. The van der Waals surface area contributed by atoms with E-state index in [9.17, 15) is 14.9 Å². The van der Waals surface area contributed by atoms with Crippen molar-refractivity contribution in [2.24, 2.45) is 5.92 Å². The minimum absolute atomic E-state index is 0.0755. The van der Waals surface area contributed by atoms with E-state index < -0.39 is 4.92 Å². The van der Waals surface area contributed by atoms with Gasteiger partial charge in [-0.2, -0.15) is 0 Å². The Labute approximate surface area is 117 Å². The second-order valence-corrected chi connectivity index (χ2v) is 4.95. The van der Waals surface area contributed by atoms with E-state index in [0.29, 0.717) is 30.7 Å². The van der Waals surface area contributed by atoms with Gasteiger partial charge in [-0.1, -0.05) is 0 Å². The molecule has 1 fully saturated rings. The molecule has 1 saturated carbocycles. The first-order valence-corrected chi connectivity index (χ1v) is 6.76. The van der Waals surface area contributed by atoms with Crippen molar-refractivity contribution in [2.75, 3.05) is 25.1 Å². The van der Waals surface area contributed by atoms with Crippen LogP contribution in [0.3, 0.4) is 0 Å². The lowest BCUT2D eigenvalue weighted by atomic mass is 10.2. The Bertz CT molecular complexity index is 486. The Morgan fingerprint density at radius 1 is 1.45 bits per heavy atom. The highest BCUT2D eigenvalue weighted by Gasteiger charge is 2.20. The average Bonchev–Trinajstić information content (AvgIpc) is 3.26. The van der Waals surface area contributed by atoms with Crippen LogP contribution in [0.2, 0.25) is 0 Å². The van der Waals surface area contributed by atoms with Crippen LogP contribution in [0.1, 0.15) is 29.6 Å². The monoisotopic (exact) mass is 278 g/mol. The molecule has 0 amide bonds. The first-order valence-electron chi connectivity index (χ1n) is 6.76. The number of anilines is 1. The van der Waals surface area contributed by atoms with E-state index in [2.05, 4.69) is 5.32 Å². The van der Waals surface area contributed by atoms with Crippen LogP contribution in [-0.2, 0) is 4.74 Å². The molecule has 1 aliphatic rings. The molecule has 0 saturated heterocycles. The average molecular weight is 278 g/mol. The molecule has 0 bridgehead atoms. The molecule has 0 spiro atoms. The molecule has 0 heterocycles. The lowest BCUT2D eigenvalue weighted by Gasteiger charge is -2.08. The molecule has 1 aromatic carbocycles. The zero-order valence-electron chi connectivity index (χ0n) is 11.2. The Hall–Kier alpha value is -1.95. The van der Waals surface area contributed by atoms with Gasteiger partial charge in [-0.25, -0.2) is 0 Å². The van der Waals surface area contributed by atoms with Crippen molar-refractivity contribution in [3.05, 3.63) is 33.9 Å². The zero-order valence-corrected chi connectivity index (χ0v) is 11.2. The number of rotatable bonds is 9. The normalized spacial score (nSPS) is 14.0. The van der Waals surface area contributed by atoms with Gasteiger partial charge in [-0.15, -0.1) is 0 Å². The Balaban J connectivity index is 1.78. The summed E-state index contributed by atoms with van der Waals surface area (Å²) >= 11 is 0. The molecule has 0 radical (unpaired) electrons. The minimum Gasteiger partial charge on any atom is -0.381 e. The SMILES string of the molecule is O=Cc1ccc(NCCCOCC2CC2)c([N+](=O)[O-])c1. The summed E-state index contributed by atoms with van der Waals surface area (Å²) in [6.45, 7) is 2.09. The number of nitrogens with zero attached hydrogens (tertiary/aromatic N) is 1. The van der Waals surface area contributed by atoms with Gasteiger partial charge in [0.05, 0.1) is 4.92 Å². The lowest BCUT2D eigenvalue weighted by Crippen LogP contribution is -2.08. The number of benzene rings is 1. The number of hydrogen-bond acceptors (Lipinski definition) is 5. The van der Waals surface area contributed by atoms with Crippen LogP contribution in [0.25, 0.3) is 0 Å². The van der Waals surface area contributed by atoms with Crippen LogP contribution in [0, 0.1) is 16.0 Å². The maximum atomic E-state index is 10.9. The van der Waals surface area contributed by atoms with Gasteiger partial charge in [-0.3, -0.25) is 14.9 Å².